The first-order valence-corrected chi connectivity index (χ1v) is 6.47. The van der Waals surface area contributed by atoms with E-state index in [9.17, 15) is 0 Å². The second kappa shape index (κ2) is 7.44. The molecule has 0 radical (unpaired) electrons. The number of nitrogens with one attached hydrogen (secondary N) is 1. The predicted octanol–water partition coefficient (Wildman–Crippen LogP) is 2.96. The third-order valence-corrected chi connectivity index (χ3v) is 2.64. The molecule has 0 saturated carbocycles. The SMILES string of the molecule is CCCCCCn1cc(CNC(C)C)cn1. The van der Waals surface area contributed by atoms with E-state index in [4.69, 9.17) is 0 Å². The minimum absolute atomic E-state index is 0.535. The third-order valence-electron chi connectivity index (χ3n) is 2.64. The number of hydrogen-bond acceptors (Lipinski definition) is 2. The molecule has 0 unspecified atom stereocenters. The van der Waals surface area contributed by atoms with Crippen molar-refractivity contribution in [2.24, 2.45) is 0 Å². The van der Waals surface area contributed by atoms with Gasteiger partial charge in [0, 0.05) is 30.9 Å². The molecule has 0 spiro atoms. The Balaban J connectivity index is 2.22. The zero-order chi connectivity index (χ0) is 11.8. The third kappa shape index (κ3) is 5.31. The van der Waals surface area contributed by atoms with Crippen LogP contribution in [0.4, 0.5) is 0 Å². The highest BCUT2D eigenvalue weighted by molar-refractivity contribution is 5.03. The van der Waals surface area contributed by atoms with Crippen molar-refractivity contribution in [2.45, 2.75) is 65.6 Å². The Morgan fingerprint density at radius 2 is 2.12 bits per heavy atom. The zero-order valence-corrected chi connectivity index (χ0v) is 10.9. The lowest BCUT2D eigenvalue weighted by Gasteiger charge is -2.05. The van der Waals surface area contributed by atoms with Gasteiger partial charge in [0.2, 0.25) is 0 Å². The Kier molecular flexibility index (Phi) is 6.16. The Labute approximate surface area is 99.2 Å². The van der Waals surface area contributed by atoms with Gasteiger partial charge >= 0.3 is 0 Å². The van der Waals surface area contributed by atoms with Gasteiger partial charge in [-0.05, 0) is 6.42 Å². The molecule has 0 aliphatic carbocycles. The molecule has 0 fully saturated rings. The molecule has 0 amide bonds. The maximum Gasteiger partial charge on any atom is 0.0534 e. The summed E-state index contributed by atoms with van der Waals surface area (Å²) >= 11 is 0. The second-order valence-corrected chi connectivity index (χ2v) is 4.71. The van der Waals surface area contributed by atoms with E-state index in [1.54, 1.807) is 0 Å². The van der Waals surface area contributed by atoms with Crippen molar-refractivity contribution in [3.63, 3.8) is 0 Å². The summed E-state index contributed by atoms with van der Waals surface area (Å²) in [6.45, 7) is 8.54. The molecule has 1 aromatic heterocycles. The van der Waals surface area contributed by atoms with E-state index in [1.807, 2.05) is 6.20 Å². The van der Waals surface area contributed by atoms with Gasteiger partial charge in [0.25, 0.3) is 0 Å². The van der Waals surface area contributed by atoms with Crippen LogP contribution in [0.15, 0.2) is 12.4 Å². The van der Waals surface area contributed by atoms with Crippen LogP contribution >= 0.6 is 0 Å². The summed E-state index contributed by atoms with van der Waals surface area (Å²) in [5, 5.41) is 7.77. The van der Waals surface area contributed by atoms with Crippen molar-refractivity contribution in [3.8, 4) is 0 Å². The first-order valence-electron chi connectivity index (χ1n) is 6.47. The molecular weight excluding hydrogens is 198 g/mol. The second-order valence-electron chi connectivity index (χ2n) is 4.71. The van der Waals surface area contributed by atoms with Crippen LogP contribution in [0.3, 0.4) is 0 Å². The largest absolute Gasteiger partial charge is 0.310 e. The lowest BCUT2D eigenvalue weighted by Crippen LogP contribution is -2.21. The van der Waals surface area contributed by atoms with Gasteiger partial charge in [-0.1, -0.05) is 40.0 Å². The molecule has 1 rings (SSSR count). The van der Waals surface area contributed by atoms with Gasteiger partial charge in [0.05, 0.1) is 6.20 Å². The monoisotopic (exact) mass is 223 g/mol. The van der Waals surface area contributed by atoms with Gasteiger partial charge in [-0.25, -0.2) is 0 Å². The Bertz CT molecular complexity index is 278. The van der Waals surface area contributed by atoms with E-state index in [1.165, 1.54) is 31.2 Å². The summed E-state index contributed by atoms with van der Waals surface area (Å²) in [4.78, 5) is 0. The quantitative estimate of drug-likeness (QED) is 0.687. The minimum atomic E-state index is 0.535. The first kappa shape index (κ1) is 13.2. The van der Waals surface area contributed by atoms with E-state index < -0.39 is 0 Å². The topological polar surface area (TPSA) is 29.9 Å². The van der Waals surface area contributed by atoms with Crippen molar-refractivity contribution in [1.29, 1.82) is 0 Å². The predicted molar refractivity (Wildman–Crippen MR) is 68.3 cm³/mol. The summed E-state index contributed by atoms with van der Waals surface area (Å²) in [6.07, 6.45) is 9.31. The van der Waals surface area contributed by atoms with Gasteiger partial charge in [0.15, 0.2) is 0 Å². The van der Waals surface area contributed by atoms with E-state index in [2.05, 4.69) is 42.1 Å². The molecule has 0 aliphatic rings. The standard InChI is InChI=1S/C13H25N3/c1-4-5-6-7-8-16-11-13(10-15-16)9-14-12(2)3/h10-12,14H,4-9H2,1-3H3. The minimum Gasteiger partial charge on any atom is -0.310 e. The van der Waals surface area contributed by atoms with Crippen molar-refractivity contribution < 1.29 is 0 Å². The molecule has 3 heteroatoms. The molecular formula is C13H25N3. The molecule has 1 heterocycles. The van der Waals surface area contributed by atoms with Crippen molar-refractivity contribution in [1.82, 2.24) is 15.1 Å². The first-order chi connectivity index (χ1) is 7.72. The Morgan fingerprint density at radius 1 is 1.31 bits per heavy atom. The van der Waals surface area contributed by atoms with E-state index in [-0.39, 0.29) is 0 Å². The average molecular weight is 223 g/mol. The lowest BCUT2D eigenvalue weighted by molar-refractivity contribution is 0.540. The molecule has 0 bridgehead atoms. The van der Waals surface area contributed by atoms with E-state index in [0.717, 1.165) is 13.1 Å². The molecule has 1 aromatic rings. The molecule has 0 aromatic carbocycles. The van der Waals surface area contributed by atoms with Crippen LogP contribution in [0, 0.1) is 0 Å². The van der Waals surface area contributed by atoms with Gasteiger partial charge in [-0.2, -0.15) is 5.10 Å². The number of aromatic nitrogens is 2. The van der Waals surface area contributed by atoms with Gasteiger partial charge < -0.3 is 5.32 Å². The van der Waals surface area contributed by atoms with Crippen LogP contribution in [-0.4, -0.2) is 15.8 Å². The Hall–Kier alpha value is -0.830. The molecule has 1 N–H and O–H groups in total. The summed E-state index contributed by atoms with van der Waals surface area (Å²) in [5.41, 5.74) is 1.28. The fourth-order valence-electron chi connectivity index (χ4n) is 1.64. The van der Waals surface area contributed by atoms with Gasteiger partial charge in [0.1, 0.15) is 0 Å². The fourth-order valence-corrected chi connectivity index (χ4v) is 1.64. The molecule has 92 valence electrons. The van der Waals surface area contributed by atoms with Gasteiger partial charge in [-0.3, -0.25) is 4.68 Å². The fraction of sp³-hybridized carbons (Fsp3) is 0.769. The lowest BCUT2D eigenvalue weighted by atomic mass is 10.2. The zero-order valence-electron chi connectivity index (χ0n) is 10.9. The average Bonchev–Trinajstić information content (AvgIpc) is 2.70. The highest BCUT2D eigenvalue weighted by Crippen LogP contribution is 2.03. The summed E-state index contributed by atoms with van der Waals surface area (Å²) in [6, 6.07) is 0.535. The molecule has 16 heavy (non-hydrogen) atoms. The van der Waals surface area contributed by atoms with Crippen LogP contribution in [0.2, 0.25) is 0 Å². The number of aryl methyl sites for hydroxylation is 1. The number of nitrogens with zero attached hydrogens (tertiary/aromatic N) is 2. The summed E-state index contributed by atoms with van der Waals surface area (Å²) < 4.78 is 2.06. The molecule has 0 atom stereocenters. The maximum atomic E-state index is 4.37. The smallest absolute Gasteiger partial charge is 0.0534 e. The number of unbranched alkanes of at least 4 members (excludes halogenated alkanes) is 3. The summed E-state index contributed by atoms with van der Waals surface area (Å²) in [7, 11) is 0. The van der Waals surface area contributed by atoms with Crippen molar-refractivity contribution in [2.75, 3.05) is 0 Å². The van der Waals surface area contributed by atoms with E-state index >= 15 is 0 Å². The Morgan fingerprint density at radius 3 is 2.81 bits per heavy atom. The molecule has 0 saturated heterocycles. The number of hydrogen-bond donors (Lipinski definition) is 1. The van der Waals surface area contributed by atoms with Gasteiger partial charge in [-0.15, -0.1) is 0 Å². The van der Waals surface area contributed by atoms with Crippen LogP contribution in [0.25, 0.3) is 0 Å². The van der Waals surface area contributed by atoms with Crippen molar-refractivity contribution >= 4 is 0 Å². The molecule has 0 aliphatic heterocycles. The summed E-state index contributed by atoms with van der Waals surface area (Å²) in [5.74, 6) is 0. The van der Waals surface area contributed by atoms with Crippen LogP contribution < -0.4 is 5.32 Å². The normalized spacial score (nSPS) is 11.2. The van der Waals surface area contributed by atoms with Crippen LogP contribution in [-0.2, 0) is 13.1 Å². The van der Waals surface area contributed by atoms with Crippen molar-refractivity contribution in [3.05, 3.63) is 18.0 Å². The highest BCUT2D eigenvalue weighted by Gasteiger charge is 1.99. The number of rotatable bonds is 8. The molecule has 3 nitrogen and oxygen atoms in total. The van der Waals surface area contributed by atoms with E-state index in [0.29, 0.717) is 6.04 Å². The van der Waals surface area contributed by atoms with Crippen LogP contribution in [0.5, 0.6) is 0 Å². The highest BCUT2D eigenvalue weighted by atomic mass is 15.3. The van der Waals surface area contributed by atoms with Crippen LogP contribution in [0.1, 0.15) is 52.0 Å². The maximum absolute atomic E-state index is 4.37.